The van der Waals surface area contributed by atoms with Crippen molar-refractivity contribution in [1.29, 1.82) is 5.26 Å². The molecule has 0 saturated heterocycles. The van der Waals surface area contributed by atoms with Gasteiger partial charge in [0.1, 0.15) is 17.4 Å². The fourth-order valence-electron chi connectivity index (χ4n) is 1.47. The Balaban J connectivity index is 2.40. The zero-order valence-corrected chi connectivity index (χ0v) is 9.11. The molecule has 2 aromatic rings. The number of anilines is 3. The van der Waals surface area contributed by atoms with Crippen LogP contribution in [-0.4, -0.2) is 9.78 Å². The van der Waals surface area contributed by atoms with Gasteiger partial charge < -0.3 is 11.1 Å². The molecular formula is C11H10FN5. The quantitative estimate of drug-likeness (QED) is 0.825. The highest BCUT2D eigenvalue weighted by Crippen LogP contribution is 2.24. The molecule has 0 fully saturated rings. The SMILES string of the molecule is Cn1cc(N)c(Nc2cccc(F)c2C#N)n1. The van der Waals surface area contributed by atoms with Crippen LogP contribution in [0.15, 0.2) is 24.4 Å². The molecule has 0 saturated carbocycles. The second-order valence-electron chi connectivity index (χ2n) is 3.51. The molecule has 6 heteroatoms. The van der Waals surface area contributed by atoms with Crippen LogP contribution in [0.5, 0.6) is 0 Å². The van der Waals surface area contributed by atoms with Crippen molar-refractivity contribution in [3.8, 4) is 6.07 Å². The van der Waals surface area contributed by atoms with Crippen LogP contribution < -0.4 is 11.1 Å². The van der Waals surface area contributed by atoms with E-state index in [1.807, 2.05) is 0 Å². The number of benzene rings is 1. The summed E-state index contributed by atoms with van der Waals surface area (Å²) in [6.45, 7) is 0. The average Bonchev–Trinajstić information content (AvgIpc) is 2.58. The molecule has 17 heavy (non-hydrogen) atoms. The third-order valence-corrected chi connectivity index (χ3v) is 2.24. The molecule has 0 aliphatic rings. The summed E-state index contributed by atoms with van der Waals surface area (Å²) in [6.07, 6.45) is 1.62. The first-order valence-electron chi connectivity index (χ1n) is 4.86. The van der Waals surface area contributed by atoms with E-state index in [2.05, 4.69) is 10.4 Å². The molecule has 0 amide bonds. The number of nitrogens with one attached hydrogen (secondary N) is 1. The predicted octanol–water partition coefficient (Wildman–Crippen LogP) is 1.76. The Morgan fingerprint density at radius 3 is 2.88 bits per heavy atom. The maximum Gasteiger partial charge on any atom is 0.175 e. The van der Waals surface area contributed by atoms with E-state index in [0.29, 0.717) is 17.2 Å². The number of hydrogen-bond acceptors (Lipinski definition) is 4. The summed E-state index contributed by atoms with van der Waals surface area (Å²) in [5, 5.41) is 15.8. The van der Waals surface area contributed by atoms with Crippen LogP contribution in [0.25, 0.3) is 0 Å². The highest BCUT2D eigenvalue weighted by atomic mass is 19.1. The molecule has 0 aliphatic carbocycles. The molecule has 0 atom stereocenters. The van der Waals surface area contributed by atoms with E-state index in [9.17, 15) is 4.39 Å². The number of hydrogen-bond donors (Lipinski definition) is 2. The number of nitriles is 1. The van der Waals surface area contributed by atoms with E-state index in [1.165, 1.54) is 16.8 Å². The molecule has 1 aromatic heterocycles. The van der Waals surface area contributed by atoms with Crippen LogP contribution in [0.1, 0.15) is 5.56 Å². The predicted molar refractivity (Wildman–Crippen MR) is 62.0 cm³/mol. The van der Waals surface area contributed by atoms with Gasteiger partial charge in [0, 0.05) is 13.2 Å². The minimum absolute atomic E-state index is 0.0578. The van der Waals surface area contributed by atoms with Crippen LogP contribution in [0, 0.1) is 17.1 Å². The Labute approximate surface area is 97.3 Å². The van der Waals surface area contributed by atoms with Crippen molar-refractivity contribution in [2.45, 2.75) is 0 Å². The lowest BCUT2D eigenvalue weighted by Crippen LogP contribution is -1.99. The van der Waals surface area contributed by atoms with Crippen molar-refractivity contribution in [3.63, 3.8) is 0 Å². The van der Waals surface area contributed by atoms with E-state index >= 15 is 0 Å². The first-order valence-corrected chi connectivity index (χ1v) is 4.86. The van der Waals surface area contributed by atoms with Gasteiger partial charge in [0.25, 0.3) is 0 Å². The third-order valence-electron chi connectivity index (χ3n) is 2.24. The minimum atomic E-state index is -0.577. The Morgan fingerprint density at radius 2 is 2.29 bits per heavy atom. The first kappa shape index (κ1) is 11.0. The third kappa shape index (κ3) is 2.03. The van der Waals surface area contributed by atoms with E-state index in [-0.39, 0.29) is 5.56 Å². The van der Waals surface area contributed by atoms with Gasteiger partial charge in [-0.05, 0) is 12.1 Å². The molecule has 2 rings (SSSR count). The Kier molecular flexibility index (Phi) is 2.66. The van der Waals surface area contributed by atoms with Gasteiger partial charge in [-0.15, -0.1) is 0 Å². The van der Waals surface area contributed by atoms with Crippen LogP contribution >= 0.6 is 0 Å². The van der Waals surface area contributed by atoms with Gasteiger partial charge in [0.2, 0.25) is 0 Å². The normalized spacial score (nSPS) is 9.94. The summed E-state index contributed by atoms with van der Waals surface area (Å²) < 4.78 is 14.9. The minimum Gasteiger partial charge on any atom is -0.394 e. The molecular weight excluding hydrogens is 221 g/mol. The molecule has 5 nitrogen and oxygen atoms in total. The molecule has 0 bridgehead atoms. The summed E-state index contributed by atoms with van der Waals surface area (Å²) in [5.74, 6) is -0.179. The average molecular weight is 231 g/mol. The van der Waals surface area contributed by atoms with Crippen LogP contribution in [-0.2, 0) is 7.05 Å². The molecule has 1 aromatic carbocycles. The van der Waals surface area contributed by atoms with Gasteiger partial charge in [0.15, 0.2) is 5.82 Å². The Bertz CT molecular complexity index is 596. The number of halogens is 1. The number of rotatable bonds is 2. The Morgan fingerprint density at radius 1 is 1.53 bits per heavy atom. The zero-order valence-electron chi connectivity index (χ0n) is 9.11. The number of nitrogens with two attached hydrogens (primary N) is 1. The highest BCUT2D eigenvalue weighted by molar-refractivity contribution is 5.71. The molecule has 0 unspecified atom stereocenters. The number of aryl methyl sites for hydroxylation is 1. The van der Waals surface area contributed by atoms with Gasteiger partial charge in [-0.3, -0.25) is 4.68 Å². The van der Waals surface area contributed by atoms with Crippen LogP contribution in [0.4, 0.5) is 21.6 Å². The number of nitrogen functional groups attached to an aromatic ring is 1. The number of nitrogens with zero attached hydrogens (tertiary/aromatic N) is 3. The van der Waals surface area contributed by atoms with Crippen molar-refractivity contribution < 1.29 is 4.39 Å². The van der Waals surface area contributed by atoms with Crippen LogP contribution in [0.2, 0.25) is 0 Å². The molecule has 1 heterocycles. The lowest BCUT2D eigenvalue weighted by atomic mass is 10.2. The number of aromatic nitrogens is 2. The van der Waals surface area contributed by atoms with E-state index < -0.39 is 5.82 Å². The van der Waals surface area contributed by atoms with E-state index in [4.69, 9.17) is 11.0 Å². The summed E-state index contributed by atoms with van der Waals surface area (Å²) in [5.41, 5.74) is 6.41. The molecule has 0 radical (unpaired) electrons. The van der Waals surface area contributed by atoms with Crippen molar-refractivity contribution in [2.24, 2.45) is 7.05 Å². The van der Waals surface area contributed by atoms with E-state index in [0.717, 1.165) is 0 Å². The van der Waals surface area contributed by atoms with Gasteiger partial charge in [-0.25, -0.2) is 4.39 Å². The van der Waals surface area contributed by atoms with E-state index in [1.54, 1.807) is 25.4 Å². The topological polar surface area (TPSA) is 79.7 Å². The first-order chi connectivity index (χ1) is 8.11. The van der Waals surface area contributed by atoms with Gasteiger partial charge in [-0.1, -0.05) is 6.07 Å². The molecule has 86 valence electrons. The van der Waals surface area contributed by atoms with Crippen molar-refractivity contribution in [3.05, 3.63) is 35.8 Å². The summed E-state index contributed by atoms with van der Waals surface area (Å²) in [7, 11) is 1.72. The molecule has 3 N–H and O–H groups in total. The second-order valence-corrected chi connectivity index (χ2v) is 3.51. The highest BCUT2D eigenvalue weighted by Gasteiger charge is 2.10. The van der Waals surface area contributed by atoms with Crippen LogP contribution in [0.3, 0.4) is 0 Å². The fourth-order valence-corrected chi connectivity index (χ4v) is 1.47. The van der Waals surface area contributed by atoms with Crippen molar-refractivity contribution >= 4 is 17.2 Å². The van der Waals surface area contributed by atoms with Gasteiger partial charge >= 0.3 is 0 Å². The van der Waals surface area contributed by atoms with Gasteiger partial charge in [0.05, 0.1) is 11.4 Å². The maximum atomic E-state index is 13.3. The van der Waals surface area contributed by atoms with Crippen molar-refractivity contribution in [2.75, 3.05) is 11.1 Å². The lowest BCUT2D eigenvalue weighted by Gasteiger charge is -2.06. The standard InChI is InChI=1S/C11H10FN5/c1-17-6-9(14)11(16-17)15-10-4-2-3-8(12)7(10)5-13/h2-4,6H,14H2,1H3,(H,15,16). The maximum absolute atomic E-state index is 13.3. The zero-order chi connectivity index (χ0) is 12.4. The Hall–Kier alpha value is -2.55. The monoisotopic (exact) mass is 231 g/mol. The summed E-state index contributed by atoms with van der Waals surface area (Å²) in [4.78, 5) is 0. The summed E-state index contributed by atoms with van der Waals surface area (Å²) in [6, 6.07) is 6.13. The van der Waals surface area contributed by atoms with Gasteiger partial charge in [-0.2, -0.15) is 10.4 Å². The second kappa shape index (κ2) is 4.14. The van der Waals surface area contributed by atoms with Crippen molar-refractivity contribution in [1.82, 2.24) is 9.78 Å². The lowest BCUT2D eigenvalue weighted by molar-refractivity contribution is 0.624. The molecule has 0 spiro atoms. The summed E-state index contributed by atoms with van der Waals surface area (Å²) >= 11 is 0. The largest absolute Gasteiger partial charge is 0.394 e. The smallest absolute Gasteiger partial charge is 0.175 e. The molecule has 0 aliphatic heterocycles. The fraction of sp³-hybridized carbons (Fsp3) is 0.0909.